The summed E-state index contributed by atoms with van der Waals surface area (Å²) in [5.74, 6) is 1.19. The van der Waals surface area contributed by atoms with Crippen molar-refractivity contribution in [3.63, 3.8) is 0 Å². The molecule has 1 aliphatic carbocycles. The van der Waals surface area contributed by atoms with Gasteiger partial charge in [0.2, 0.25) is 0 Å². The number of hydrogen-bond acceptors (Lipinski definition) is 3. The summed E-state index contributed by atoms with van der Waals surface area (Å²) in [6, 6.07) is 3.60. The fourth-order valence-corrected chi connectivity index (χ4v) is 2.96. The Kier molecular flexibility index (Phi) is 5.73. The zero-order valence-electron chi connectivity index (χ0n) is 12.4. The number of carbonyl (C=O) groups excluding carboxylic acids is 1. The van der Waals surface area contributed by atoms with Crippen LogP contribution in [0.1, 0.15) is 32.1 Å². The number of halogens is 1. The molecule has 0 atom stereocenters. The molecule has 2 N–H and O–H groups in total. The van der Waals surface area contributed by atoms with Gasteiger partial charge in [-0.15, -0.1) is 0 Å². The van der Waals surface area contributed by atoms with Crippen LogP contribution in [0.2, 0.25) is 0 Å². The van der Waals surface area contributed by atoms with Crippen molar-refractivity contribution in [2.24, 2.45) is 0 Å². The van der Waals surface area contributed by atoms with Gasteiger partial charge in [0.25, 0.3) is 0 Å². The largest absolute Gasteiger partial charge is 0.493 e. The maximum Gasteiger partial charge on any atom is 0.319 e. The lowest BCUT2D eigenvalue weighted by Crippen LogP contribution is -2.39. The molecule has 1 aromatic rings. The van der Waals surface area contributed by atoms with E-state index in [0.717, 1.165) is 17.3 Å². The number of ether oxygens (including phenoxy) is 2. The summed E-state index contributed by atoms with van der Waals surface area (Å²) >= 11 is 3.43. The summed E-state index contributed by atoms with van der Waals surface area (Å²) in [7, 11) is 3.14. The second-order valence-corrected chi connectivity index (χ2v) is 5.97. The van der Waals surface area contributed by atoms with Crippen molar-refractivity contribution in [3.8, 4) is 11.5 Å². The molecule has 0 unspecified atom stereocenters. The lowest BCUT2D eigenvalue weighted by Gasteiger charge is -2.23. The van der Waals surface area contributed by atoms with E-state index in [-0.39, 0.29) is 12.1 Å². The number of benzene rings is 1. The molecule has 2 rings (SSSR count). The Hall–Kier alpha value is -1.43. The molecular weight excluding hydrogens is 336 g/mol. The Morgan fingerprint density at radius 2 is 1.76 bits per heavy atom. The van der Waals surface area contributed by atoms with Crippen molar-refractivity contribution < 1.29 is 14.3 Å². The van der Waals surface area contributed by atoms with Crippen LogP contribution in [0.5, 0.6) is 11.5 Å². The van der Waals surface area contributed by atoms with Crippen LogP contribution in [0.3, 0.4) is 0 Å². The molecule has 1 aliphatic rings. The zero-order chi connectivity index (χ0) is 15.2. The Morgan fingerprint density at radius 3 is 2.38 bits per heavy atom. The first-order valence-electron chi connectivity index (χ1n) is 7.13. The second-order valence-electron chi connectivity index (χ2n) is 5.12. The molecule has 6 heteroatoms. The van der Waals surface area contributed by atoms with Gasteiger partial charge in [0, 0.05) is 22.6 Å². The Balaban J connectivity index is 2.02. The predicted molar refractivity (Wildman–Crippen MR) is 86.3 cm³/mol. The molecule has 0 saturated heterocycles. The van der Waals surface area contributed by atoms with Crippen LogP contribution in [0.4, 0.5) is 10.5 Å². The smallest absolute Gasteiger partial charge is 0.319 e. The zero-order valence-corrected chi connectivity index (χ0v) is 14.0. The molecule has 1 fully saturated rings. The first-order valence-corrected chi connectivity index (χ1v) is 7.92. The molecule has 2 amide bonds. The molecule has 0 radical (unpaired) electrons. The Labute approximate surface area is 133 Å². The van der Waals surface area contributed by atoms with Crippen molar-refractivity contribution in [3.05, 3.63) is 16.6 Å². The molecule has 116 valence electrons. The number of methoxy groups -OCH3 is 2. The van der Waals surface area contributed by atoms with Crippen LogP contribution in [0.15, 0.2) is 16.6 Å². The quantitative estimate of drug-likeness (QED) is 0.859. The van der Waals surface area contributed by atoms with E-state index in [4.69, 9.17) is 9.47 Å². The van der Waals surface area contributed by atoms with Crippen LogP contribution in [0.25, 0.3) is 0 Å². The molecule has 5 nitrogen and oxygen atoms in total. The third-order valence-corrected chi connectivity index (χ3v) is 4.32. The number of amides is 2. The number of carbonyl (C=O) groups is 1. The Bertz CT molecular complexity index is 502. The van der Waals surface area contributed by atoms with Crippen LogP contribution >= 0.6 is 15.9 Å². The molecule has 0 aromatic heterocycles. The van der Waals surface area contributed by atoms with Gasteiger partial charge in [-0.1, -0.05) is 19.3 Å². The van der Waals surface area contributed by atoms with Crippen molar-refractivity contribution in [1.82, 2.24) is 5.32 Å². The lowest BCUT2D eigenvalue weighted by atomic mass is 9.96. The fourth-order valence-electron chi connectivity index (χ4n) is 2.54. The van der Waals surface area contributed by atoms with E-state index in [0.29, 0.717) is 17.2 Å². The number of nitrogens with one attached hydrogen (secondary N) is 2. The Morgan fingerprint density at radius 1 is 1.14 bits per heavy atom. The minimum absolute atomic E-state index is 0.185. The highest BCUT2D eigenvalue weighted by Crippen LogP contribution is 2.36. The molecule has 21 heavy (non-hydrogen) atoms. The standard InChI is InChI=1S/C15H21BrN2O3/c1-20-13-8-11(16)12(9-14(13)21-2)18-15(19)17-10-6-4-3-5-7-10/h8-10H,3-7H2,1-2H3,(H2,17,18,19). The van der Waals surface area contributed by atoms with Crippen molar-refractivity contribution in [1.29, 1.82) is 0 Å². The van der Waals surface area contributed by atoms with Gasteiger partial charge in [0.15, 0.2) is 11.5 Å². The summed E-state index contributed by atoms with van der Waals surface area (Å²) in [6.07, 6.45) is 5.75. The van der Waals surface area contributed by atoms with E-state index < -0.39 is 0 Å². The highest BCUT2D eigenvalue weighted by Gasteiger charge is 2.17. The molecule has 0 spiro atoms. The van der Waals surface area contributed by atoms with Crippen LogP contribution < -0.4 is 20.1 Å². The monoisotopic (exact) mass is 356 g/mol. The molecule has 0 heterocycles. The first-order chi connectivity index (χ1) is 10.1. The SMILES string of the molecule is COc1cc(Br)c(NC(=O)NC2CCCCC2)cc1OC. The molecular formula is C15H21BrN2O3. The molecule has 1 saturated carbocycles. The van der Waals surface area contributed by atoms with E-state index in [1.165, 1.54) is 19.3 Å². The maximum absolute atomic E-state index is 12.1. The van der Waals surface area contributed by atoms with Gasteiger partial charge in [-0.3, -0.25) is 0 Å². The van der Waals surface area contributed by atoms with E-state index in [1.54, 1.807) is 26.4 Å². The summed E-state index contributed by atoms with van der Waals surface area (Å²) in [6.45, 7) is 0. The van der Waals surface area contributed by atoms with E-state index in [9.17, 15) is 4.79 Å². The van der Waals surface area contributed by atoms with Crippen LogP contribution in [-0.2, 0) is 0 Å². The highest BCUT2D eigenvalue weighted by atomic mass is 79.9. The summed E-state index contributed by atoms with van der Waals surface area (Å²) in [5, 5.41) is 5.87. The summed E-state index contributed by atoms with van der Waals surface area (Å²) < 4.78 is 11.2. The number of urea groups is 1. The lowest BCUT2D eigenvalue weighted by molar-refractivity contribution is 0.244. The highest BCUT2D eigenvalue weighted by molar-refractivity contribution is 9.10. The third-order valence-electron chi connectivity index (χ3n) is 3.66. The van der Waals surface area contributed by atoms with Gasteiger partial charge < -0.3 is 20.1 Å². The van der Waals surface area contributed by atoms with Gasteiger partial charge in [-0.05, 0) is 28.8 Å². The maximum atomic E-state index is 12.1. The molecule has 1 aromatic carbocycles. The van der Waals surface area contributed by atoms with E-state index >= 15 is 0 Å². The fraction of sp³-hybridized carbons (Fsp3) is 0.533. The van der Waals surface area contributed by atoms with Crippen LogP contribution in [0, 0.1) is 0 Å². The molecule has 0 bridgehead atoms. The van der Waals surface area contributed by atoms with Crippen molar-refractivity contribution in [2.45, 2.75) is 38.1 Å². The summed E-state index contributed by atoms with van der Waals surface area (Å²) in [5.41, 5.74) is 0.654. The van der Waals surface area contributed by atoms with Crippen molar-refractivity contribution in [2.75, 3.05) is 19.5 Å². The minimum Gasteiger partial charge on any atom is -0.493 e. The van der Waals surface area contributed by atoms with Gasteiger partial charge in [0.1, 0.15) is 0 Å². The topological polar surface area (TPSA) is 59.6 Å². The van der Waals surface area contributed by atoms with E-state index in [1.807, 2.05) is 0 Å². The van der Waals surface area contributed by atoms with E-state index in [2.05, 4.69) is 26.6 Å². The van der Waals surface area contributed by atoms with Gasteiger partial charge in [-0.25, -0.2) is 4.79 Å². The van der Waals surface area contributed by atoms with Gasteiger partial charge in [0.05, 0.1) is 19.9 Å². The van der Waals surface area contributed by atoms with Crippen LogP contribution in [-0.4, -0.2) is 26.3 Å². The number of rotatable bonds is 4. The normalized spacial score (nSPS) is 15.4. The van der Waals surface area contributed by atoms with Crippen molar-refractivity contribution >= 4 is 27.6 Å². The average molecular weight is 357 g/mol. The first kappa shape index (κ1) is 15.9. The average Bonchev–Trinajstić information content (AvgIpc) is 2.49. The third kappa shape index (κ3) is 4.27. The van der Waals surface area contributed by atoms with Gasteiger partial charge >= 0.3 is 6.03 Å². The predicted octanol–water partition coefficient (Wildman–Crippen LogP) is 3.92. The summed E-state index contributed by atoms with van der Waals surface area (Å²) in [4.78, 5) is 12.1. The minimum atomic E-state index is -0.185. The number of anilines is 1. The molecule has 0 aliphatic heterocycles. The van der Waals surface area contributed by atoms with Gasteiger partial charge in [-0.2, -0.15) is 0 Å². The second kappa shape index (κ2) is 7.54. The number of hydrogen-bond donors (Lipinski definition) is 2.